The van der Waals surface area contributed by atoms with Crippen LogP contribution in [0.3, 0.4) is 0 Å². The minimum atomic E-state index is -0.600. The van der Waals surface area contributed by atoms with E-state index in [9.17, 15) is 14.0 Å². The molecular formula is C24H29FN6O2. The fourth-order valence-electron chi connectivity index (χ4n) is 4.29. The molecule has 1 aliphatic rings. The van der Waals surface area contributed by atoms with E-state index in [1.807, 2.05) is 40.6 Å². The van der Waals surface area contributed by atoms with Crippen LogP contribution in [0.4, 0.5) is 9.18 Å². The smallest absolute Gasteiger partial charge is 0.315 e. The van der Waals surface area contributed by atoms with Gasteiger partial charge in [0, 0.05) is 31.7 Å². The maximum atomic E-state index is 13.3. The summed E-state index contributed by atoms with van der Waals surface area (Å²) in [6.45, 7) is 3.45. The summed E-state index contributed by atoms with van der Waals surface area (Å²) in [7, 11) is 0. The van der Waals surface area contributed by atoms with Crippen LogP contribution in [0.15, 0.2) is 48.7 Å². The van der Waals surface area contributed by atoms with Gasteiger partial charge < -0.3 is 15.5 Å². The van der Waals surface area contributed by atoms with Gasteiger partial charge in [-0.25, -0.2) is 9.18 Å². The zero-order valence-electron chi connectivity index (χ0n) is 18.7. The molecule has 1 aromatic carbocycles. The molecule has 2 aromatic heterocycles. The molecule has 1 fully saturated rings. The number of hydrogen-bond donors (Lipinski definition) is 2. The number of nitrogens with zero attached hydrogens (tertiary/aromatic N) is 4. The normalized spacial score (nSPS) is 17.0. The van der Waals surface area contributed by atoms with Gasteiger partial charge in [-0.15, -0.1) is 10.2 Å². The standard InChI is InChI=1S/C24H29FN6O2/c1-2-6-20(27-24(33)26-15-17-9-11-19(25)12-10-17)23(32)30-13-5-7-18(16-30)22-29-28-21-8-3-4-14-31(21)22/h3-4,8-12,14,18,20H,2,5-7,13,15-16H2,1H3,(H2,26,27,33). The summed E-state index contributed by atoms with van der Waals surface area (Å²) in [6.07, 6.45) is 5.06. The van der Waals surface area contributed by atoms with E-state index >= 15 is 0 Å². The predicted molar refractivity (Wildman–Crippen MR) is 122 cm³/mol. The first-order valence-electron chi connectivity index (χ1n) is 11.4. The van der Waals surface area contributed by atoms with Crippen molar-refractivity contribution in [2.24, 2.45) is 0 Å². The molecule has 0 radical (unpaired) electrons. The summed E-state index contributed by atoms with van der Waals surface area (Å²) in [6, 6.07) is 10.7. The van der Waals surface area contributed by atoms with Crippen molar-refractivity contribution < 1.29 is 14.0 Å². The van der Waals surface area contributed by atoms with E-state index < -0.39 is 12.1 Å². The molecule has 3 heterocycles. The number of piperidine rings is 1. The summed E-state index contributed by atoms with van der Waals surface area (Å²) in [5.41, 5.74) is 1.57. The van der Waals surface area contributed by atoms with E-state index in [0.717, 1.165) is 36.3 Å². The van der Waals surface area contributed by atoms with E-state index in [1.54, 1.807) is 12.1 Å². The van der Waals surface area contributed by atoms with Gasteiger partial charge in [0.2, 0.25) is 5.91 Å². The second-order valence-corrected chi connectivity index (χ2v) is 8.41. The number of nitrogens with one attached hydrogen (secondary N) is 2. The Morgan fingerprint density at radius 3 is 2.79 bits per heavy atom. The van der Waals surface area contributed by atoms with Gasteiger partial charge in [0.15, 0.2) is 5.65 Å². The Labute approximate surface area is 192 Å². The molecule has 2 N–H and O–H groups in total. The Kier molecular flexibility index (Phi) is 7.16. The topological polar surface area (TPSA) is 91.6 Å². The molecule has 2 atom stereocenters. The zero-order valence-corrected chi connectivity index (χ0v) is 18.7. The summed E-state index contributed by atoms with van der Waals surface area (Å²) in [4.78, 5) is 27.6. The molecule has 3 amide bonds. The van der Waals surface area contributed by atoms with Gasteiger partial charge in [-0.05, 0) is 49.1 Å². The third-order valence-electron chi connectivity index (χ3n) is 5.99. The Balaban J connectivity index is 1.38. The van der Waals surface area contributed by atoms with Crippen molar-refractivity contribution in [3.63, 3.8) is 0 Å². The fourth-order valence-corrected chi connectivity index (χ4v) is 4.29. The first kappa shape index (κ1) is 22.7. The van der Waals surface area contributed by atoms with Crippen LogP contribution >= 0.6 is 0 Å². The van der Waals surface area contributed by atoms with Crippen molar-refractivity contribution in [2.45, 2.75) is 51.1 Å². The van der Waals surface area contributed by atoms with Crippen LogP contribution in [-0.4, -0.2) is 50.6 Å². The second-order valence-electron chi connectivity index (χ2n) is 8.41. The number of carbonyl (C=O) groups is 2. The number of halogens is 1. The number of hydrogen-bond acceptors (Lipinski definition) is 4. The Bertz CT molecular complexity index is 1100. The first-order chi connectivity index (χ1) is 16.0. The lowest BCUT2D eigenvalue weighted by molar-refractivity contribution is -0.134. The van der Waals surface area contributed by atoms with Crippen LogP contribution in [0.5, 0.6) is 0 Å². The maximum absolute atomic E-state index is 13.3. The third-order valence-corrected chi connectivity index (χ3v) is 5.99. The third kappa shape index (κ3) is 5.47. The number of rotatable bonds is 7. The number of benzene rings is 1. The van der Waals surface area contributed by atoms with Crippen molar-refractivity contribution in [1.29, 1.82) is 0 Å². The average molecular weight is 453 g/mol. The van der Waals surface area contributed by atoms with Crippen molar-refractivity contribution in [2.75, 3.05) is 13.1 Å². The molecule has 3 aromatic rings. The molecule has 0 saturated carbocycles. The number of pyridine rings is 1. The molecule has 8 nitrogen and oxygen atoms in total. The molecule has 1 saturated heterocycles. The van der Waals surface area contributed by atoms with Crippen molar-refractivity contribution in [3.05, 3.63) is 65.9 Å². The lowest BCUT2D eigenvalue weighted by Gasteiger charge is -2.34. The van der Waals surface area contributed by atoms with E-state index in [0.29, 0.717) is 19.5 Å². The number of likely N-dealkylation sites (tertiary alicyclic amines) is 1. The molecule has 0 aliphatic carbocycles. The number of urea groups is 1. The number of carbonyl (C=O) groups excluding carboxylic acids is 2. The largest absolute Gasteiger partial charge is 0.340 e. The van der Waals surface area contributed by atoms with Crippen LogP contribution in [0.2, 0.25) is 0 Å². The minimum Gasteiger partial charge on any atom is -0.340 e. The van der Waals surface area contributed by atoms with Gasteiger partial charge in [-0.2, -0.15) is 0 Å². The minimum absolute atomic E-state index is 0.0766. The van der Waals surface area contributed by atoms with E-state index in [4.69, 9.17) is 0 Å². The van der Waals surface area contributed by atoms with Crippen LogP contribution in [0.25, 0.3) is 5.65 Å². The molecule has 33 heavy (non-hydrogen) atoms. The molecule has 1 aliphatic heterocycles. The molecule has 0 bridgehead atoms. The van der Waals surface area contributed by atoms with E-state index in [-0.39, 0.29) is 24.2 Å². The highest BCUT2D eigenvalue weighted by Gasteiger charge is 2.31. The number of aromatic nitrogens is 3. The van der Waals surface area contributed by atoms with Gasteiger partial charge >= 0.3 is 6.03 Å². The summed E-state index contributed by atoms with van der Waals surface area (Å²) in [5.74, 6) is 0.554. The molecular weight excluding hydrogens is 423 g/mol. The molecule has 9 heteroatoms. The summed E-state index contributed by atoms with van der Waals surface area (Å²) >= 11 is 0. The predicted octanol–water partition coefficient (Wildman–Crippen LogP) is 3.24. The summed E-state index contributed by atoms with van der Waals surface area (Å²) in [5, 5.41) is 14.2. The molecule has 2 unspecified atom stereocenters. The highest BCUT2D eigenvalue weighted by molar-refractivity contribution is 5.87. The molecule has 174 valence electrons. The first-order valence-corrected chi connectivity index (χ1v) is 11.4. The van der Waals surface area contributed by atoms with Crippen molar-refractivity contribution in [1.82, 2.24) is 30.1 Å². The van der Waals surface area contributed by atoms with Gasteiger partial charge in [0.05, 0.1) is 0 Å². The Hall–Kier alpha value is -3.49. The van der Waals surface area contributed by atoms with Crippen LogP contribution < -0.4 is 10.6 Å². The Morgan fingerprint density at radius 2 is 2.00 bits per heavy atom. The summed E-state index contributed by atoms with van der Waals surface area (Å²) < 4.78 is 15.0. The van der Waals surface area contributed by atoms with Gasteiger partial charge in [-0.1, -0.05) is 31.5 Å². The van der Waals surface area contributed by atoms with Crippen LogP contribution in [-0.2, 0) is 11.3 Å². The van der Waals surface area contributed by atoms with Crippen LogP contribution in [0, 0.1) is 5.82 Å². The number of fused-ring (bicyclic) bond motifs is 1. The van der Waals surface area contributed by atoms with Crippen LogP contribution in [0.1, 0.15) is 49.9 Å². The molecule has 0 spiro atoms. The highest BCUT2D eigenvalue weighted by Crippen LogP contribution is 2.26. The molecule has 4 rings (SSSR count). The van der Waals surface area contributed by atoms with E-state index in [1.165, 1.54) is 12.1 Å². The number of amides is 3. The van der Waals surface area contributed by atoms with Gasteiger partial charge in [0.1, 0.15) is 17.7 Å². The maximum Gasteiger partial charge on any atom is 0.315 e. The van der Waals surface area contributed by atoms with E-state index in [2.05, 4.69) is 20.8 Å². The zero-order chi connectivity index (χ0) is 23.2. The lowest BCUT2D eigenvalue weighted by atomic mass is 9.96. The Morgan fingerprint density at radius 1 is 1.18 bits per heavy atom. The fraction of sp³-hybridized carbons (Fsp3) is 0.417. The van der Waals surface area contributed by atoms with Crippen molar-refractivity contribution >= 4 is 17.6 Å². The average Bonchev–Trinajstić information content (AvgIpc) is 3.27. The van der Waals surface area contributed by atoms with Crippen molar-refractivity contribution in [3.8, 4) is 0 Å². The lowest BCUT2D eigenvalue weighted by Crippen LogP contribution is -2.53. The van der Waals surface area contributed by atoms with Gasteiger partial charge in [0.25, 0.3) is 0 Å². The second kappa shape index (κ2) is 10.4. The SMILES string of the molecule is CCCC(NC(=O)NCc1ccc(F)cc1)C(=O)N1CCCC(c2nnc3ccccn23)C1. The highest BCUT2D eigenvalue weighted by atomic mass is 19.1. The quantitative estimate of drug-likeness (QED) is 0.576. The van der Waals surface area contributed by atoms with Gasteiger partial charge in [-0.3, -0.25) is 9.20 Å². The monoisotopic (exact) mass is 452 g/mol.